The van der Waals surface area contributed by atoms with Crippen molar-refractivity contribution in [2.24, 2.45) is 0 Å². The van der Waals surface area contributed by atoms with Crippen molar-refractivity contribution in [2.75, 3.05) is 18.0 Å². The van der Waals surface area contributed by atoms with Crippen LogP contribution in [0.1, 0.15) is 28.8 Å². The second-order valence-corrected chi connectivity index (χ2v) is 9.58. The van der Waals surface area contributed by atoms with E-state index in [0.717, 1.165) is 35.7 Å². The number of carbonyl (C=O) groups excluding carboxylic acids is 1. The molecule has 37 heavy (non-hydrogen) atoms. The molecule has 0 radical (unpaired) electrons. The fourth-order valence-corrected chi connectivity index (χ4v) is 5.29. The largest absolute Gasteiger partial charge is 0.315 e. The van der Waals surface area contributed by atoms with Crippen LogP contribution >= 0.6 is 11.6 Å². The average Bonchev–Trinajstić information content (AvgIpc) is 3.33. The lowest BCUT2D eigenvalue weighted by Crippen LogP contribution is -2.49. The second kappa shape index (κ2) is 9.49. The first kappa shape index (κ1) is 23.4. The first-order valence-electron chi connectivity index (χ1n) is 12.1. The fraction of sp³-hybridized carbons (Fsp3) is 0.222. The van der Waals surface area contributed by atoms with Gasteiger partial charge in [0.05, 0.1) is 17.3 Å². The van der Waals surface area contributed by atoms with Crippen molar-refractivity contribution < 1.29 is 9.18 Å². The summed E-state index contributed by atoms with van der Waals surface area (Å²) in [6.45, 7) is 3.40. The van der Waals surface area contributed by atoms with E-state index in [9.17, 15) is 4.79 Å². The normalized spacial score (nSPS) is 15.8. The number of benzene rings is 2. The molecule has 10 heteroatoms. The Morgan fingerprint density at radius 3 is 2.86 bits per heavy atom. The third kappa shape index (κ3) is 4.20. The van der Waals surface area contributed by atoms with Gasteiger partial charge in [-0.3, -0.25) is 9.69 Å². The van der Waals surface area contributed by atoms with Gasteiger partial charge in [-0.15, -0.1) is 5.10 Å². The van der Waals surface area contributed by atoms with Gasteiger partial charge in [-0.2, -0.15) is 4.68 Å². The molecule has 1 N–H and O–H groups in total. The van der Waals surface area contributed by atoms with Crippen molar-refractivity contribution in [1.29, 1.82) is 0 Å². The number of pyridine rings is 2. The van der Waals surface area contributed by atoms with Gasteiger partial charge in [0.25, 0.3) is 5.91 Å². The van der Waals surface area contributed by atoms with Crippen molar-refractivity contribution >= 4 is 45.3 Å². The molecule has 2 aromatic carbocycles. The number of aryl methyl sites for hydroxylation is 1. The van der Waals surface area contributed by atoms with Crippen LogP contribution in [-0.4, -0.2) is 50.0 Å². The predicted octanol–water partition coefficient (Wildman–Crippen LogP) is 4.86. The lowest BCUT2D eigenvalue weighted by Gasteiger charge is -2.35. The van der Waals surface area contributed by atoms with Crippen LogP contribution in [0.3, 0.4) is 0 Å². The second-order valence-electron chi connectivity index (χ2n) is 9.14. The highest BCUT2D eigenvalue weighted by Gasteiger charge is 2.32. The van der Waals surface area contributed by atoms with E-state index in [4.69, 9.17) is 11.6 Å². The molecule has 0 aliphatic carbocycles. The maximum atomic E-state index is 15.6. The summed E-state index contributed by atoms with van der Waals surface area (Å²) in [5.41, 5.74) is 2.38. The lowest BCUT2D eigenvalue weighted by atomic mass is 10.0. The zero-order valence-electron chi connectivity index (χ0n) is 20.0. The van der Waals surface area contributed by atoms with Crippen LogP contribution in [0.25, 0.3) is 27.6 Å². The Bertz CT molecular complexity index is 1650. The zero-order valence-corrected chi connectivity index (χ0v) is 20.8. The third-order valence-electron chi connectivity index (χ3n) is 6.72. The maximum absolute atomic E-state index is 15.6. The Labute approximate surface area is 217 Å². The third-order valence-corrected chi connectivity index (χ3v) is 6.94. The molecule has 3 aromatic heterocycles. The summed E-state index contributed by atoms with van der Waals surface area (Å²) in [7, 11) is 0. The number of halogens is 2. The van der Waals surface area contributed by atoms with Crippen molar-refractivity contribution in [3.05, 3.63) is 82.9 Å². The summed E-state index contributed by atoms with van der Waals surface area (Å²) < 4.78 is 17.1. The fourth-order valence-electron chi connectivity index (χ4n) is 5.01. The number of anilines is 1. The molecular weight excluding hydrogens is 493 g/mol. The Balaban J connectivity index is 1.45. The molecule has 8 nitrogen and oxygen atoms in total. The smallest absolute Gasteiger partial charge is 0.262 e. The van der Waals surface area contributed by atoms with E-state index in [1.54, 1.807) is 35.5 Å². The summed E-state index contributed by atoms with van der Waals surface area (Å²) >= 11 is 6.30. The number of hydrogen-bond acceptors (Lipinski definition) is 6. The minimum Gasteiger partial charge on any atom is -0.315 e. The molecule has 1 amide bonds. The van der Waals surface area contributed by atoms with Crippen molar-refractivity contribution in [2.45, 2.75) is 25.8 Å². The monoisotopic (exact) mass is 515 g/mol. The molecule has 6 rings (SSSR count). The number of rotatable bonds is 4. The predicted molar refractivity (Wildman–Crippen MR) is 141 cm³/mol. The highest BCUT2D eigenvalue weighted by Crippen LogP contribution is 2.33. The van der Waals surface area contributed by atoms with Gasteiger partial charge < -0.3 is 5.32 Å². The Morgan fingerprint density at radius 2 is 2.05 bits per heavy atom. The van der Waals surface area contributed by atoms with Crippen molar-refractivity contribution in [3.8, 4) is 5.69 Å². The summed E-state index contributed by atoms with van der Waals surface area (Å²) in [5, 5.41) is 13.8. The number of fused-ring (bicyclic) bond motifs is 2. The number of piperidine rings is 1. The van der Waals surface area contributed by atoms with E-state index in [1.807, 2.05) is 25.1 Å². The van der Waals surface area contributed by atoms with Crippen LogP contribution in [0.15, 0.2) is 60.9 Å². The van der Waals surface area contributed by atoms with E-state index < -0.39 is 11.7 Å². The molecule has 1 aliphatic rings. The molecule has 0 saturated carbocycles. The van der Waals surface area contributed by atoms with Crippen LogP contribution in [0.2, 0.25) is 5.02 Å². The molecule has 5 aromatic rings. The van der Waals surface area contributed by atoms with Gasteiger partial charge in [-0.1, -0.05) is 16.8 Å². The van der Waals surface area contributed by atoms with Crippen molar-refractivity contribution in [1.82, 2.24) is 30.3 Å². The van der Waals surface area contributed by atoms with E-state index >= 15 is 4.39 Å². The quantitative estimate of drug-likeness (QED) is 0.367. The number of hydrogen-bond donors (Lipinski definition) is 1. The highest BCUT2D eigenvalue weighted by atomic mass is 35.5. The van der Waals surface area contributed by atoms with Crippen LogP contribution < -0.4 is 10.2 Å². The van der Waals surface area contributed by atoms with E-state index in [0.29, 0.717) is 34.2 Å². The first-order valence-corrected chi connectivity index (χ1v) is 12.4. The van der Waals surface area contributed by atoms with Crippen LogP contribution in [0.4, 0.5) is 10.2 Å². The molecule has 186 valence electrons. The molecule has 0 unspecified atom stereocenters. The molecule has 1 fully saturated rings. The SMILES string of the molecule is Cc1cc(Cl)cc2ccnc(N(C(=O)c3ccc(-n4nnc5cccnc54)cc3F)[C@@H]3CCCNC3)c12. The minimum absolute atomic E-state index is 0.0443. The number of nitrogens with one attached hydrogen (secondary N) is 1. The molecule has 0 spiro atoms. The van der Waals surface area contributed by atoms with Gasteiger partial charge in [0.15, 0.2) is 5.65 Å². The zero-order chi connectivity index (χ0) is 25.5. The number of aromatic nitrogens is 5. The lowest BCUT2D eigenvalue weighted by molar-refractivity contribution is 0.0968. The molecule has 1 atom stereocenters. The number of nitrogens with zero attached hydrogens (tertiary/aromatic N) is 6. The van der Waals surface area contributed by atoms with Gasteiger partial charge in [-0.05, 0) is 79.7 Å². The van der Waals surface area contributed by atoms with Crippen LogP contribution in [0.5, 0.6) is 0 Å². The van der Waals surface area contributed by atoms with Crippen LogP contribution in [-0.2, 0) is 0 Å². The Morgan fingerprint density at radius 1 is 1.16 bits per heavy atom. The molecule has 0 bridgehead atoms. The molecule has 4 heterocycles. The van der Waals surface area contributed by atoms with Gasteiger partial charge in [0, 0.05) is 35.4 Å². The molecule has 1 aliphatic heterocycles. The maximum Gasteiger partial charge on any atom is 0.262 e. The average molecular weight is 516 g/mol. The van der Waals surface area contributed by atoms with E-state index in [1.165, 1.54) is 16.8 Å². The van der Waals surface area contributed by atoms with E-state index in [2.05, 4.69) is 25.6 Å². The summed E-state index contributed by atoms with van der Waals surface area (Å²) in [5.74, 6) is -0.607. The minimum atomic E-state index is -0.657. The first-order chi connectivity index (χ1) is 18.0. The molecule has 1 saturated heterocycles. The van der Waals surface area contributed by atoms with Crippen LogP contribution in [0, 0.1) is 12.7 Å². The highest BCUT2D eigenvalue weighted by molar-refractivity contribution is 6.31. The topological polar surface area (TPSA) is 88.8 Å². The van der Waals surface area contributed by atoms with Gasteiger partial charge >= 0.3 is 0 Å². The van der Waals surface area contributed by atoms with Crippen molar-refractivity contribution in [3.63, 3.8) is 0 Å². The standard InChI is InChI=1S/C27H23ClFN7O/c1-16-12-18(28)13-17-8-11-32-26(24(16)17)35(20-4-2-9-30-15-20)27(37)21-7-6-19(14-22(21)29)36-25-23(33-34-36)5-3-10-31-25/h3,5-8,10-14,20,30H,2,4,9,15H2,1H3/t20-/m1/s1. The molecular formula is C27H23ClFN7O. The number of carbonyl (C=O) groups is 1. The Hall–Kier alpha value is -3.95. The van der Waals surface area contributed by atoms with Gasteiger partial charge in [0.2, 0.25) is 0 Å². The number of amides is 1. The van der Waals surface area contributed by atoms with Gasteiger partial charge in [0.1, 0.15) is 17.2 Å². The van der Waals surface area contributed by atoms with E-state index in [-0.39, 0.29) is 11.6 Å². The summed E-state index contributed by atoms with van der Waals surface area (Å²) in [6, 6.07) is 13.3. The Kier molecular flexibility index (Phi) is 6.02. The summed E-state index contributed by atoms with van der Waals surface area (Å²) in [6.07, 6.45) is 4.96. The summed E-state index contributed by atoms with van der Waals surface area (Å²) in [4.78, 5) is 24.6. The van der Waals surface area contributed by atoms with Gasteiger partial charge in [-0.25, -0.2) is 14.4 Å².